The summed E-state index contributed by atoms with van der Waals surface area (Å²) in [5.74, 6) is -0.528. The fourth-order valence-electron chi connectivity index (χ4n) is 1.31. The van der Waals surface area contributed by atoms with Gasteiger partial charge in [0.05, 0.1) is 5.03 Å². The summed E-state index contributed by atoms with van der Waals surface area (Å²) >= 11 is 8.85. The number of hydrogen-bond acceptors (Lipinski definition) is 2. The van der Waals surface area contributed by atoms with E-state index in [-0.39, 0.29) is 16.6 Å². The Balaban J connectivity index is 2.69. The first-order valence-electron chi connectivity index (χ1n) is 3.85. The van der Waals surface area contributed by atoms with Gasteiger partial charge in [-0.3, -0.25) is 9.59 Å². The Kier molecular flexibility index (Phi) is 2.29. The van der Waals surface area contributed by atoms with Crippen LogP contribution in [0, 0.1) is 0 Å². The van der Waals surface area contributed by atoms with Crippen LogP contribution >= 0.6 is 27.5 Å². The van der Waals surface area contributed by atoms with E-state index in [0.29, 0.717) is 11.1 Å². The van der Waals surface area contributed by atoms with Crippen molar-refractivity contribution >= 4 is 39.1 Å². The molecule has 0 unspecified atom stereocenters. The van der Waals surface area contributed by atoms with E-state index in [1.807, 2.05) is 0 Å². The molecule has 2 nitrogen and oxygen atoms in total. The molecule has 0 aromatic heterocycles. The van der Waals surface area contributed by atoms with Crippen molar-refractivity contribution in [3.05, 3.63) is 44.9 Å². The molecule has 1 aromatic carbocycles. The molecule has 0 fully saturated rings. The molecular formula is C10H4BrClO2. The van der Waals surface area contributed by atoms with E-state index in [4.69, 9.17) is 11.6 Å². The maximum absolute atomic E-state index is 11.5. The summed E-state index contributed by atoms with van der Waals surface area (Å²) in [5, 5.41) is -0.0272. The molecule has 0 aliphatic heterocycles. The number of carbonyl (C=O) groups is 2. The van der Waals surface area contributed by atoms with Crippen molar-refractivity contribution in [1.82, 2.24) is 0 Å². The second-order valence-corrected chi connectivity index (χ2v) is 4.20. The number of Topliss-reactive ketones (excluding diaryl/α,β-unsaturated/α-hetero) is 1. The van der Waals surface area contributed by atoms with E-state index >= 15 is 0 Å². The quantitative estimate of drug-likeness (QED) is 0.727. The van der Waals surface area contributed by atoms with Gasteiger partial charge in [0.15, 0.2) is 5.78 Å². The van der Waals surface area contributed by atoms with Crippen LogP contribution in [0.5, 0.6) is 0 Å². The summed E-state index contributed by atoms with van der Waals surface area (Å²) < 4.78 is 0.753. The summed E-state index contributed by atoms with van der Waals surface area (Å²) in [4.78, 5) is 23.0. The lowest BCUT2D eigenvalue weighted by molar-refractivity contribution is 0.0990. The lowest BCUT2D eigenvalue weighted by Gasteiger charge is -2.10. The summed E-state index contributed by atoms with van der Waals surface area (Å²) in [6.07, 6.45) is 1.15. The summed E-state index contributed by atoms with van der Waals surface area (Å²) in [7, 11) is 0. The number of ketones is 2. The van der Waals surface area contributed by atoms with Gasteiger partial charge in [-0.25, -0.2) is 0 Å². The van der Waals surface area contributed by atoms with Crippen LogP contribution in [0.4, 0.5) is 0 Å². The Hall–Kier alpha value is -0.930. The van der Waals surface area contributed by atoms with Crippen LogP contribution in [0.3, 0.4) is 0 Å². The fourth-order valence-corrected chi connectivity index (χ4v) is 1.87. The number of carbonyl (C=O) groups excluding carboxylic acids is 2. The predicted molar refractivity (Wildman–Crippen MR) is 56.7 cm³/mol. The van der Waals surface area contributed by atoms with E-state index < -0.39 is 0 Å². The van der Waals surface area contributed by atoms with Crippen molar-refractivity contribution < 1.29 is 9.59 Å². The van der Waals surface area contributed by atoms with Crippen molar-refractivity contribution in [3.63, 3.8) is 0 Å². The zero-order valence-corrected chi connectivity index (χ0v) is 9.22. The zero-order chi connectivity index (χ0) is 10.3. The normalized spacial score (nSPS) is 15.1. The summed E-state index contributed by atoms with van der Waals surface area (Å²) in [5.41, 5.74) is 0.763. The number of fused-ring (bicyclic) bond motifs is 1. The van der Waals surface area contributed by atoms with Crippen LogP contribution in [0.2, 0.25) is 0 Å². The molecule has 0 heterocycles. The van der Waals surface area contributed by atoms with Gasteiger partial charge in [0.25, 0.3) is 0 Å². The average molecular weight is 271 g/mol. The van der Waals surface area contributed by atoms with Gasteiger partial charge in [-0.1, -0.05) is 27.5 Å². The number of halogens is 2. The van der Waals surface area contributed by atoms with E-state index in [2.05, 4.69) is 15.9 Å². The Morgan fingerprint density at radius 1 is 1.14 bits per heavy atom. The SMILES string of the molecule is O=C1C=C(Cl)C(=O)c2cc(Br)ccc21. The number of rotatable bonds is 0. The number of allylic oxidation sites excluding steroid dienone is 2. The smallest absolute Gasteiger partial charge is 0.205 e. The third kappa shape index (κ3) is 1.42. The minimum atomic E-state index is -0.303. The van der Waals surface area contributed by atoms with Gasteiger partial charge in [-0.2, -0.15) is 0 Å². The minimum absolute atomic E-state index is 0.0272. The standard InChI is InChI=1S/C10H4BrClO2/c11-5-1-2-6-7(3-5)10(14)8(12)4-9(6)13/h1-4H. The van der Waals surface area contributed by atoms with Crippen molar-refractivity contribution in [2.24, 2.45) is 0 Å². The van der Waals surface area contributed by atoms with Crippen LogP contribution < -0.4 is 0 Å². The Morgan fingerprint density at radius 2 is 1.86 bits per heavy atom. The highest BCUT2D eigenvalue weighted by Crippen LogP contribution is 2.25. The highest BCUT2D eigenvalue weighted by Gasteiger charge is 2.24. The van der Waals surface area contributed by atoms with E-state index in [1.54, 1.807) is 18.2 Å². The second kappa shape index (κ2) is 3.33. The minimum Gasteiger partial charge on any atom is -0.289 e. The molecule has 0 saturated heterocycles. The first kappa shape index (κ1) is 9.62. The molecule has 0 bridgehead atoms. The molecule has 0 atom stereocenters. The lowest BCUT2D eigenvalue weighted by atomic mass is 9.95. The van der Waals surface area contributed by atoms with Crippen molar-refractivity contribution in [3.8, 4) is 0 Å². The van der Waals surface area contributed by atoms with E-state index in [9.17, 15) is 9.59 Å². The van der Waals surface area contributed by atoms with Crippen LogP contribution in [0.15, 0.2) is 33.8 Å². The molecule has 2 rings (SSSR count). The molecule has 1 aromatic rings. The Labute approximate surface area is 93.7 Å². The van der Waals surface area contributed by atoms with Gasteiger partial charge in [0.1, 0.15) is 0 Å². The van der Waals surface area contributed by atoms with Crippen LogP contribution in [0.25, 0.3) is 0 Å². The highest BCUT2D eigenvalue weighted by atomic mass is 79.9. The molecule has 0 saturated carbocycles. The molecular weight excluding hydrogens is 267 g/mol. The molecule has 1 aliphatic carbocycles. The predicted octanol–water partition coefficient (Wildman–Crippen LogP) is 2.95. The number of hydrogen-bond donors (Lipinski definition) is 0. The van der Waals surface area contributed by atoms with Gasteiger partial charge in [0.2, 0.25) is 5.78 Å². The zero-order valence-electron chi connectivity index (χ0n) is 6.88. The molecule has 70 valence electrons. The first-order valence-corrected chi connectivity index (χ1v) is 5.02. The van der Waals surface area contributed by atoms with E-state index in [1.165, 1.54) is 0 Å². The highest BCUT2D eigenvalue weighted by molar-refractivity contribution is 9.10. The van der Waals surface area contributed by atoms with Gasteiger partial charge < -0.3 is 0 Å². The average Bonchev–Trinajstić information content (AvgIpc) is 2.14. The molecule has 1 aliphatic rings. The molecule has 0 N–H and O–H groups in total. The fraction of sp³-hybridized carbons (Fsp3) is 0. The van der Waals surface area contributed by atoms with Crippen LogP contribution in [0.1, 0.15) is 20.7 Å². The Morgan fingerprint density at radius 3 is 2.57 bits per heavy atom. The largest absolute Gasteiger partial charge is 0.289 e. The van der Waals surface area contributed by atoms with Gasteiger partial charge in [0, 0.05) is 21.7 Å². The molecule has 14 heavy (non-hydrogen) atoms. The maximum atomic E-state index is 11.5. The molecule has 0 spiro atoms. The van der Waals surface area contributed by atoms with Crippen molar-refractivity contribution in [2.45, 2.75) is 0 Å². The maximum Gasteiger partial charge on any atom is 0.205 e. The monoisotopic (exact) mass is 270 g/mol. The van der Waals surface area contributed by atoms with Crippen LogP contribution in [-0.4, -0.2) is 11.6 Å². The van der Waals surface area contributed by atoms with Crippen LogP contribution in [-0.2, 0) is 0 Å². The molecule has 0 radical (unpaired) electrons. The van der Waals surface area contributed by atoms with Crippen molar-refractivity contribution in [1.29, 1.82) is 0 Å². The first-order chi connectivity index (χ1) is 6.59. The Bertz CT molecular complexity index is 477. The second-order valence-electron chi connectivity index (χ2n) is 2.88. The molecule has 0 amide bonds. The summed E-state index contributed by atoms with van der Waals surface area (Å²) in [6, 6.07) is 4.93. The third-order valence-corrected chi connectivity index (χ3v) is 2.74. The van der Waals surface area contributed by atoms with Crippen molar-refractivity contribution in [2.75, 3.05) is 0 Å². The van der Waals surface area contributed by atoms with Gasteiger partial charge in [-0.05, 0) is 18.2 Å². The lowest BCUT2D eigenvalue weighted by Crippen LogP contribution is -2.14. The van der Waals surface area contributed by atoms with E-state index in [0.717, 1.165) is 10.5 Å². The van der Waals surface area contributed by atoms with Gasteiger partial charge >= 0.3 is 0 Å². The molecule has 4 heteroatoms. The third-order valence-electron chi connectivity index (χ3n) is 1.97. The summed E-state index contributed by atoms with van der Waals surface area (Å²) in [6.45, 7) is 0. The topological polar surface area (TPSA) is 34.1 Å². The number of benzene rings is 1. The van der Waals surface area contributed by atoms with Gasteiger partial charge in [-0.15, -0.1) is 0 Å².